The Morgan fingerprint density at radius 1 is 1.19 bits per heavy atom. The van der Waals surface area contributed by atoms with Gasteiger partial charge in [-0.1, -0.05) is 19.3 Å². The Labute approximate surface area is 191 Å². The molecule has 0 aromatic heterocycles. The molecule has 4 rings (SSSR count). The Morgan fingerprint density at radius 2 is 1.91 bits per heavy atom. The number of urea groups is 1. The standard InChI is InChI=1S/C22H28N4O5S/c1-31-16-7-5-15(6-8-16)23-19(28)17-13-32-14-26(17)18(27)9-12-25-20(29)22(24-21(25)30)10-3-2-4-11-22/h5-8,17H,2-4,9-14H2,1H3,(H,23,28)(H,24,30). The second-order valence-corrected chi connectivity index (χ2v) is 9.38. The van der Waals surface area contributed by atoms with Gasteiger partial charge < -0.3 is 20.3 Å². The van der Waals surface area contributed by atoms with Crippen LogP contribution in [0, 0.1) is 0 Å². The Kier molecular flexibility index (Phi) is 6.59. The average molecular weight is 461 g/mol. The fourth-order valence-corrected chi connectivity index (χ4v) is 5.71. The van der Waals surface area contributed by atoms with E-state index in [-0.39, 0.29) is 30.7 Å². The third kappa shape index (κ3) is 4.41. The van der Waals surface area contributed by atoms with Crippen LogP contribution >= 0.6 is 11.8 Å². The first kappa shape index (κ1) is 22.4. The van der Waals surface area contributed by atoms with Crippen LogP contribution in [0.25, 0.3) is 0 Å². The number of rotatable bonds is 6. The van der Waals surface area contributed by atoms with Crippen molar-refractivity contribution in [1.29, 1.82) is 0 Å². The number of ether oxygens (including phenoxy) is 1. The molecule has 2 aliphatic heterocycles. The molecule has 1 atom stereocenters. The van der Waals surface area contributed by atoms with Crippen molar-refractivity contribution in [2.75, 3.05) is 30.6 Å². The third-order valence-corrected chi connectivity index (χ3v) is 7.38. The second-order valence-electron chi connectivity index (χ2n) is 8.38. The highest BCUT2D eigenvalue weighted by Gasteiger charge is 2.51. The van der Waals surface area contributed by atoms with Gasteiger partial charge in [-0.25, -0.2) is 4.79 Å². The molecule has 0 bridgehead atoms. The van der Waals surface area contributed by atoms with Crippen molar-refractivity contribution < 1.29 is 23.9 Å². The van der Waals surface area contributed by atoms with Gasteiger partial charge in [-0.3, -0.25) is 19.3 Å². The summed E-state index contributed by atoms with van der Waals surface area (Å²) in [6, 6.07) is 5.96. The van der Waals surface area contributed by atoms with E-state index in [9.17, 15) is 19.2 Å². The molecule has 0 radical (unpaired) electrons. The van der Waals surface area contributed by atoms with Crippen LogP contribution in [-0.4, -0.2) is 70.4 Å². The van der Waals surface area contributed by atoms with Crippen molar-refractivity contribution in [1.82, 2.24) is 15.1 Å². The van der Waals surface area contributed by atoms with Crippen molar-refractivity contribution >= 4 is 41.2 Å². The first-order chi connectivity index (χ1) is 15.4. The minimum Gasteiger partial charge on any atom is -0.497 e. The lowest BCUT2D eigenvalue weighted by Gasteiger charge is -2.30. The lowest BCUT2D eigenvalue weighted by molar-refractivity contribution is -0.137. The number of methoxy groups -OCH3 is 1. The van der Waals surface area contributed by atoms with E-state index in [4.69, 9.17) is 4.74 Å². The molecule has 172 valence electrons. The van der Waals surface area contributed by atoms with E-state index in [0.29, 0.717) is 35.9 Å². The zero-order valence-corrected chi connectivity index (χ0v) is 18.9. The van der Waals surface area contributed by atoms with E-state index in [0.717, 1.165) is 19.3 Å². The number of thioether (sulfide) groups is 1. The maximum absolute atomic E-state index is 12.9. The fraction of sp³-hybridized carbons (Fsp3) is 0.545. The number of carbonyl (C=O) groups excluding carboxylic acids is 4. The van der Waals surface area contributed by atoms with E-state index in [1.807, 2.05) is 0 Å². The maximum Gasteiger partial charge on any atom is 0.325 e. The molecule has 3 fully saturated rings. The van der Waals surface area contributed by atoms with E-state index in [1.54, 1.807) is 31.4 Å². The molecule has 2 N–H and O–H groups in total. The third-order valence-electron chi connectivity index (χ3n) is 6.37. The molecule has 1 aromatic rings. The molecule has 5 amide bonds. The van der Waals surface area contributed by atoms with Crippen LogP contribution in [0.15, 0.2) is 24.3 Å². The second kappa shape index (κ2) is 9.40. The van der Waals surface area contributed by atoms with Crippen LogP contribution in [0.4, 0.5) is 10.5 Å². The summed E-state index contributed by atoms with van der Waals surface area (Å²) in [6.07, 6.45) is 4.19. The summed E-state index contributed by atoms with van der Waals surface area (Å²) in [5, 5.41) is 5.70. The lowest BCUT2D eigenvalue weighted by atomic mass is 9.82. The van der Waals surface area contributed by atoms with Gasteiger partial charge in [0.05, 0.1) is 13.0 Å². The quantitative estimate of drug-likeness (QED) is 0.630. The first-order valence-corrected chi connectivity index (χ1v) is 12.1. The van der Waals surface area contributed by atoms with Crippen LogP contribution in [0.3, 0.4) is 0 Å². The van der Waals surface area contributed by atoms with E-state index >= 15 is 0 Å². The highest BCUT2D eigenvalue weighted by molar-refractivity contribution is 7.99. The molecule has 2 heterocycles. The van der Waals surface area contributed by atoms with Gasteiger partial charge in [0.1, 0.15) is 17.3 Å². The van der Waals surface area contributed by atoms with Crippen molar-refractivity contribution in [3.63, 3.8) is 0 Å². The van der Waals surface area contributed by atoms with Crippen molar-refractivity contribution in [2.45, 2.75) is 50.1 Å². The Balaban J connectivity index is 1.33. The van der Waals surface area contributed by atoms with Crippen LogP contribution in [-0.2, 0) is 14.4 Å². The number of imide groups is 1. The molecule has 1 spiro atoms. The van der Waals surface area contributed by atoms with E-state index in [2.05, 4.69) is 10.6 Å². The fourth-order valence-electron chi connectivity index (χ4n) is 4.53. The van der Waals surface area contributed by atoms with Gasteiger partial charge in [0.2, 0.25) is 11.8 Å². The molecule has 10 heteroatoms. The molecule has 1 aromatic carbocycles. The molecular weight excluding hydrogens is 432 g/mol. The Bertz CT molecular complexity index is 900. The predicted octanol–water partition coefficient (Wildman–Crippen LogP) is 2.18. The highest BCUT2D eigenvalue weighted by atomic mass is 32.2. The van der Waals surface area contributed by atoms with Crippen LogP contribution in [0.1, 0.15) is 38.5 Å². The molecule has 1 unspecified atom stereocenters. The van der Waals surface area contributed by atoms with Crippen LogP contribution in [0.2, 0.25) is 0 Å². The zero-order chi connectivity index (χ0) is 22.7. The number of benzene rings is 1. The smallest absolute Gasteiger partial charge is 0.325 e. The van der Waals surface area contributed by atoms with Crippen LogP contribution in [0.5, 0.6) is 5.75 Å². The molecule has 9 nitrogen and oxygen atoms in total. The summed E-state index contributed by atoms with van der Waals surface area (Å²) in [4.78, 5) is 53.6. The Hall–Kier alpha value is -2.75. The zero-order valence-electron chi connectivity index (χ0n) is 18.1. The number of hydrogen-bond acceptors (Lipinski definition) is 6. The van der Waals surface area contributed by atoms with Gasteiger partial charge in [0.15, 0.2) is 0 Å². The molecule has 1 saturated carbocycles. The van der Waals surface area contributed by atoms with Gasteiger partial charge in [-0.05, 0) is 37.1 Å². The summed E-state index contributed by atoms with van der Waals surface area (Å²) in [5.41, 5.74) is -0.167. The average Bonchev–Trinajstić information content (AvgIpc) is 3.37. The van der Waals surface area contributed by atoms with Crippen LogP contribution < -0.4 is 15.4 Å². The van der Waals surface area contributed by atoms with Gasteiger partial charge in [-0.2, -0.15) is 0 Å². The normalized spacial score (nSPS) is 22.2. The summed E-state index contributed by atoms with van der Waals surface area (Å²) in [7, 11) is 1.57. The van der Waals surface area contributed by atoms with Gasteiger partial charge >= 0.3 is 6.03 Å². The number of hydrogen-bond donors (Lipinski definition) is 2. The molecule has 32 heavy (non-hydrogen) atoms. The van der Waals surface area contributed by atoms with E-state index < -0.39 is 17.6 Å². The van der Waals surface area contributed by atoms with Crippen molar-refractivity contribution in [3.8, 4) is 5.75 Å². The molecular formula is C22H28N4O5S. The monoisotopic (exact) mass is 460 g/mol. The summed E-state index contributed by atoms with van der Waals surface area (Å²) >= 11 is 1.50. The molecule has 2 saturated heterocycles. The Morgan fingerprint density at radius 3 is 2.59 bits per heavy atom. The minimum atomic E-state index is -0.789. The van der Waals surface area contributed by atoms with Crippen molar-refractivity contribution in [3.05, 3.63) is 24.3 Å². The lowest BCUT2D eigenvalue weighted by Crippen LogP contribution is -2.48. The number of nitrogens with one attached hydrogen (secondary N) is 2. The molecule has 1 aliphatic carbocycles. The SMILES string of the molecule is COc1ccc(NC(=O)C2CSCN2C(=O)CCN2C(=O)NC3(CCCCC3)C2=O)cc1. The first-order valence-electron chi connectivity index (χ1n) is 10.9. The van der Waals surface area contributed by atoms with Crippen molar-refractivity contribution in [2.24, 2.45) is 0 Å². The molecule has 3 aliphatic rings. The highest BCUT2D eigenvalue weighted by Crippen LogP contribution is 2.34. The summed E-state index contributed by atoms with van der Waals surface area (Å²) < 4.78 is 5.12. The van der Waals surface area contributed by atoms with E-state index in [1.165, 1.54) is 21.6 Å². The number of carbonyl (C=O) groups is 4. The van der Waals surface area contributed by atoms with Gasteiger partial charge in [-0.15, -0.1) is 11.8 Å². The summed E-state index contributed by atoms with van der Waals surface area (Å²) in [5.74, 6) is 0.870. The predicted molar refractivity (Wildman–Crippen MR) is 120 cm³/mol. The maximum atomic E-state index is 12.9. The number of nitrogens with zero attached hydrogens (tertiary/aromatic N) is 2. The largest absolute Gasteiger partial charge is 0.497 e. The topological polar surface area (TPSA) is 108 Å². The minimum absolute atomic E-state index is 0.00210. The van der Waals surface area contributed by atoms with Gasteiger partial charge in [0.25, 0.3) is 5.91 Å². The van der Waals surface area contributed by atoms with Gasteiger partial charge in [0, 0.05) is 24.4 Å². The number of amides is 5. The number of anilines is 1. The summed E-state index contributed by atoms with van der Waals surface area (Å²) in [6.45, 7) is 0.0270.